The number of aromatic amines is 1. The van der Waals surface area contributed by atoms with E-state index in [9.17, 15) is 9.18 Å². The highest BCUT2D eigenvalue weighted by atomic mass is 32.2. The minimum atomic E-state index is -0.359. The SMILES string of the molecule is COc1ccc(CSCc2nc3sc4c(c3c(=O)[nH]2)CCCC4)cc1F. The second kappa shape index (κ2) is 7.40. The molecule has 0 atom stereocenters. The summed E-state index contributed by atoms with van der Waals surface area (Å²) in [5, 5.41) is 0.788. The fourth-order valence-corrected chi connectivity index (χ4v) is 5.47. The summed E-state index contributed by atoms with van der Waals surface area (Å²) in [7, 11) is 1.45. The van der Waals surface area contributed by atoms with Crippen molar-refractivity contribution in [2.24, 2.45) is 0 Å². The molecule has 26 heavy (non-hydrogen) atoms. The van der Waals surface area contributed by atoms with Gasteiger partial charge in [-0.1, -0.05) is 6.07 Å². The topological polar surface area (TPSA) is 55.0 Å². The first-order chi connectivity index (χ1) is 12.7. The summed E-state index contributed by atoms with van der Waals surface area (Å²) in [5.74, 6) is 1.80. The number of aryl methyl sites for hydroxylation is 2. The molecule has 7 heteroatoms. The molecule has 4 nitrogen and oxygen atoms in total. The number of halogens is 1. The molecular formula is C19H19FN2O2S2. The minimum absolute atomic E-state index is 0.0273. The Morgan fingerprint density at radius 1 is 1.31 bits per heavy atom. The second-order valence-corrected chi connectivity index (χ2v) is 8.43. The van der Waals surface area contributed by atoms with E-state index >= 15 is 0 Å². The fraction of sp³-hybridized carbons (Fsp3) is 0.368. The molecule has 0 aliphatic heterocycles. The van der Waals surface area contributed by atoms with Crippen LogP contribution in [-0.4, -0.2) is 17.1 Å². The molecule has 3 aromatic rings. The van der Waals surface area contributed by atoms with Gasteiger partial charge < -0.3 is 9.72 Å². The van der Waals surface area contributed by atoms with Crippen LogP contribution < -0.4 is 10.3 Å². The summed E-state index contributed by atoms with van der Waals surface area (Å²) in [6, 6.07) is 4.97. The Morgan fingerprint density at radius 2 is 2.15 bits per heavy atom. The molecule has 1 aliphatic rings. The third-order valence-electron chi connectivity index (χ3n) is 4.60. The van der Waals surface area contributed by atoms with Gasteiger partial charge in [0.2, 0.25) is 0 Å². The Hall–Kier alpha value is -1.86. The van der Waals surface area contributed by atoms with Gasteiger partial charge in [-0.3, -0.25) is 4.79 Å². The zero-order chi connectivity index (χ0) is 18.1. The average molecular weight is 391 g/mol. The van der Waals surface area contributed by atoms with Crippen LogP contribution in [0.1, 0.15) is 34.7 Å². The summed E-state index contributed by atoms with van der Waals surface area (Å²) in [6.45, 7) is 0. The van der Waals surface area contributed by atoms with Gasteiger partial charge >= 0.3 is 0 Å². The minimum Gasteiger partial charge on any atom is -0.494 e. The lowest BCUT2D eigenvalue weighted by Gasteiger charge is -2.09. The first-order valence-corrected chi connectivity index (χ1v) is 10.6. The van der Waals surface area contributed by atoms with Gasteiger partial charge in [-0.25, -0.2) is 9.37 Å². The number of aromatic nitrogens is 2. The Morgan fingerprint density at radius 3 is 2.96 bits per heavy atom. The summed E-state index contributed by atoms with van der Waals surface area (Å²) in [6.07, 6.45) is 4.38. The largest absolute Gasteiger partial charge is 0.494 e. The molecule has 1 aromatic carbocycles. The molecule has 0 bridgehead atoms. The molecular weight excluding hydrogens is 371 g/mol. The van der Waals surface area contributed by atoms with E-state index in [4.69, 9.17) is 4.74 Å². The van der Waals surface area contributed by atoms with E-state index in [0.717, 1.165) is 35.0 Å². The number of nitrogens with zero attached hydrogens (tertiary/aromatic N) is 1. The molecule has 0 saturated carbocycles. The van der Waals surface area contributed by atoms with Crippen LogP contribution in [0.25, 0.3) is 10.2 Å². The Balaban J connectivity index is 1.49. The third-order valence-corrected chi connectivity index (χ3v) is 6.80. The van der Waals surface area contributed by atoms with Crippen molar-refractivity contribution in [3.63, 3.8) is 0 Å². The lowest BCUT2D eigenvalue weighted by Crippen LogP contribution is -2.12. The highest BCUT2D eigenvalue weighted by Crippen LogP contribution is 2.33. The molecule has 0 unspecified atom stereocenters. The van der Waals surface area contributed by atoms with E-state index in [0.29, 0.717) is 17.3 Å². The quantitative estimate of drug-likeness (QED) is 0.700. The van der Waals surface area contributed by atoms with Gasteiger partial charge in [0.05, 0.1) is 18.2 Å². The summed E-state index contributed by atoms with van der Waals surface area (Å²) in [5.41, 5.74) is 2.06. The standard InChI is InChI=1S/C19H19FN2O2S2/c1-24-14-7-6-11(8-13(14)20)9-25-10-16-21-18(23)17-12-4-2-3-5-15(12)26-19(17)22-16/h6-8H,2-5,9-10H2,1H3,(H,21,22,23). The average Bonchev–Trinajstić information content (AvgIpc) is 3.00. The van der Waals surface area contributed by atoms with Crippen LogP contribution in [0.2, 0.25) is 0 Å². The Labute approximate surface area is 158 Å². The number of thioether (sulfide) groups is 1. The summed E-state index contributed by atoms with van der Waals surface area (Å²) < 4.78 is 18.7. The van der Waals surface area contributed by atoms with Gasteiger partial charge in [0.25, 0.3) is 5.56 Å². The number of rotatable bonds is 5. The maximum absolute atomic E-state index is 13.7. The van der Waals surface area contributed by atoms with Crippen molar-refractivity contribution in [3.05, 3.63) is 56.2 Å². The number of hydrogen-bond donors (Lipinski definition) is 1. The zero-order valence-corrected chi connectivity index (χ0v) is 16.1. The fourth-order valence-electron chi connectivity index (χ4n) is 3.34. The zero-order valence-electron chi connectivity index (χ0n) is 14.4. The van der Waals surface area contributed by atoms with Crippen molar-refractivity contribution in [3.8, 4) is 5.75 Å². The highest BCUT2D eigenvalue weighted by molar-refractivity contribution is 7.97. The van der Waals surface area contributed by atoms with Gasteiger partial charge in [0.1, 0.15) is 10.7 Å². The maximum Gasteiger partial charge on any atom is 0.259 e. The molecule has 0 spiro atoms. The van der Waals surface area contributed by atoms with E-state index in [2.05, 4.69) is 9.97 Å². The van der Waals surface area contributed by atoms with E-state index in [-0.39, 0.29) is 17.1 Å². The van der Waals surface area contributed by atoms with Gasteiger partial charge in [0.15, 0.2) is 11.6 Å². The Bertz CT molecular complexity index is 1010. The van der Waals surface area contributed by atoms with Crippen LogP contribution in [0.3, 0.4) is 0 Å². The first kappa shape index (κ1) is 17.5. The predicted octanol–water partition coefficient (Wildman–Crippen LogP) is 4.44. The molecule has 1 N–H and O–H groups in total. The first-order valence-electron chi connectivity index (χ1n) is 8.59. The maximum atomic E-state index is 13.7. The van der Waals surface area contributed by atoms with Crippen LogP contribution in [0, 0.1) is 5.82 Å². The monoisotopic (exact) mass is 390 g/mol. The van der Waals surface area contributed by atoms with E-state index < -0.39 is 0 Å². The van der Waals surface area contributed by atoms with Gasteiger partial charge in [-0.05, 0) is 48.9 Å². The van der Waals surface area contributed by atoms with Gasteiger partial charge in [-0.2, -0.15) is 0 Å². The molecule has 136 valence electrons. The number of thiophene rings is 1. The molecule has 0 amide bonds. The molecule has 0 saturated heterocycles. The van der Waals surface area contributed by atoms with Crippen LogP contribution in [0.4, 0.5) is 4.39 Å². The van der Waals surface area contributed by atoms with Crippen LogP contribution >= 0.6 is 23.1 Å². The van der Waals surface area contributed by atoms with Crippen molar-refractivity contribution in [1.82, 2.24) is 9.97 Å². The van der Waals surface area contributed by atoms with Crippen LogP contribution in [-0.2, 0) is 24.3 Å². The smallest absolute Gasteiger partial charge is 0.259 e. The molecule has 1 aliphatic carbocycles. The van der Waals surface area contributed by atoms with E-state index in [1.165, 1.54) is 30.0 Å². The number of ether oxygens (including phenoxy) is 1. The third kappa shape index (κ3) is 3.38. The van der Waals surface area contributed by atoms with Crippen LogP contribution in [0.5, 0.6) is 5.75 Å². The highest BCUT2D eigenvalue weighted by Gasteiger charge is 2.19. The number of benzene rings is 1. The number of hydrogen-bond acceptors (Lipinski definition) is 5. The van der Waals surface area contributed by atoms with Crippen molar-refractivity contribution < 1.29 is 9.13 Å². The molecule has 2 aromatic heterocycles. The lowest BCUT2D eigenvalue weighted by atomic mass is 9.97. The molecule has 2 heterocycles. The molecule has 0 radical (unpaired) electrons. The van der Waals surface area contributed by atoms with Gasteiger partial charge in [0, 0.05) is 10.6 Å². The summed E-state index contributed by atoms with van der Waals surface area (Å²) in [4.78, 5) is 22.3. The van der Waals surface area contributed by atoms with Crippen molar-refractivity contribution in [2.75, 3.05) is 7.11 Å². The number of nitrogens with one attached hydrogen (secondary N) is 1. The van der Waals surface area contributed by atoms with E-state index in [1.54, 1.807) is 29.2 Å². The van der Waals surface area contributed by atoms with Crippen molar-refractivity contribution >= 4 is 33.3 Å². The number of methoxy groups -OCH3 is 1. The summed E-state index contributed by atoms with van der Waals surface area (Å²) >= 11 is 3.26. The molecule has 4 rings (SSSR count). The predicted molar refractivity (Wildman–Crippen MR) is 105 cm³/mol. The molecule has 0 fully saturated rings. The van der Waals surface area contributed by atoms with E-state index in [1.807, 2.05) is 6.07 Å². The van der Waals surface area contributed by atoms with Gasteiger partial charge in [-0.15, -0.1) is 23.1 Å². The van der Waals surface area contributed by atoms with Crippen molar-refractivity contribution in [1.29, 1.82) is 0 Å². The normalized spacial score (nSPS) is 13.8. The second-order valence-electron chi connectivity index (χ2n) is 6.37. The Kier molecular flexibility index (Phi) is 5.00. The number of fused-ring (bicyclic) bond motifs is 3. The van der Waals surface area contributed by atoms with Crippen molar-refractivity contribution in [2.45, 2.75) is 37.2 Å². The number of H-pyrrole nitrogens is 1. The van der Waals surface area contributed by atoms with Crippen LogP contribution in [0.15, 0.2) is 23.0 Å². The lowest BCUT2D eigenvalue weighted by molar-refractivity contribution is 0.386.